The van der Waals surface area contributed by atoms with Crippen LogP contribution in [0.5, 0.6) is 0 Å². The molecule has 1 N–H and O–H groups in total. The highest BCUT2D eigenvalue weighted by Crippen LogP contribution is 2.40. The van der Waals surface area contributed by atoms with Gasteiger partial charge in [-0.3, -0.25) is 4.79 Å². The Hall–Kier alpha value is -1.95. The number of hydrogen-bond acceptors (Lipinski definition) is 5. The Kier molecular flexibility index (Phi) is 3.33. The number of rotatable bonds is 4. The van der Waals surface area contributed by atoms with E-state index in [1.165, 1.54) is 0 Å². The Balaban J connectivity index is 1.63. The molecule has 0 unspecified atom stereocenters. The van der Waals surface area contributed by atoms with Gasteiger partial charge in [-0.05, 0) is 38.7 Å². The number of aryl methyl sites for hydroxylation is 1. The SMILES string of the molecule is Cc1noc2nc(C3CC3)cc(C(=O)NC[C@@H]3CCCO3)c12. The highest BCUT2D eigenvalue weighted by Gasteiger charge is 2.28. The van der Waals surface area contributed by atoms with Crippen LogP contribution < -0.4 is 5.32 Å². The summed E-state index contributed by atoms with van der Waals surface area (Å²) in [6, 6.07) is 1.90. The van der Waals surface area contributed by atoms with Crippen LogP contribution in [0.15, 0.2) is 10.6 Å². The van der Waals surface area contributed by atoms with E-state index in [0.717, 1.165) is 38.0 Å². The van der Waals surface area contributed by atoms with Gasteiger partial charge in [-0.1, -0.05) is 5.16 Å². The summed E-state index contributed by atoms with van der Waals surface area (Å²) in [5, 5.41) is 7.65. The molecule has 1 amide bonds. The quantitative estimate of drug-likeness (QED) is 0.937. The van der Waals surface area contributed by atoms with Gasteiger partial charge >= 0.3 is 0 Å². The Labute approximate surface area is 128 Å². The van der Waals surface area contributed by atoms with Crippen LogP contribution in [0.1, 0.15) is 53.3 Å². The fourth-order valence-electron chi connectivity index (χ4n) is 2.99. The van der Waals surface area contributed by atoms with Crippen molar-refractivity contribution in [1.82, 2.24) is 15.5 Å². The zero-order valence-electron chi connectivity index (χ0n) is 12.6. The van der Waals surface area contributed by atoms with Crippen LogP contribution in [0.25, 0.3) is 11.1 Å². The molecule has 1 aliphatic heterocycles. The second-order valence-corrected chi connectivity index (χ2v) is 6.16. The maximum atomic E-state index is 12.6. The average molecular weight is 301 g/mol. The first-order chi connectivity index (χ1) is 10.7. The minimum absolute atomic E-state index is 0.101. The van der Waals surface area contributed by atoms with E-state index in [2.05, 4.69) is 15.5 Å². The third-order valence-electron chi connectivity index (χ3n) is 4.39. The van der Waals surface area contributed by atoms with Crippen LogP contribution in [-0.2, 0) is 4.74 Å². The normalized spacial score (nSPS) is 21.4. The summed E-state index contributed by atoms with van der Waals surface area (Å²) < 4.78 is 10.8. The van der Waals surface area contributed by atoms with Gasteiger partial charge in [0.15, 0.2) is 0 Å². The van der Waals surface area contributed by atoms with Crippen molar-refractivity contribution >= 4 is 17.0 Å². The molecule has 116 valence electrons. The Morgan fingerprint density at radius 2 is 2.27 bits per heavy atom. The number of pyridine rings is 1. The molecule has 1 atom stereocenters. The van der Waals surface area contributed by atoms with Crippen LogP contribution >= 0.6 is 0 Å². The van der Waals surface area contributed by atoms with Gasteiger partial charge in [0.1, 0.15) is 0 Å². The van der Waals surface area contributed by atoms with Crippen molar-refractivity contribution in [1.29, 1.82) is 0 Å². The number of aromatic nitrogens is 2. The molecule has 2 fully saturated rings. The summed E-state index contributed by atoms with van der Waals surface area (Å²) in [6.45, 7) is 3.17. The highest BCUT2D eigenvalue weighted by molar-refractivity contribution is 6.06. The van der Waals surface area contributed by atoms with E-state index in [-0.39, 0.29) is 12.0 Å². The highest BCUT2D eigenvalue weighted by atomic mass is 16.5. The summed E-state index contributed by atoms with van der Waals surface area (Å²) in [5.74, 6) is 0.357. The van der Waals surface area contributed by atoms with Crippen molar-refractivity contribution in [2.45, 2.75) is 44.6 Å². The molecule has 3 heterocycles. The molecule has 1 saturated heterocycles. The van der Waals surface area contributed by atoms with Gasteiger partial charge in [-0.2, -0.15) is 0 Å². The monoisotopic (exact) mass is 301 g/mol. The van der Waals surface area contributed by atoms with E-state index in [4.69, 9.17) is 9.26 Å². The van der Waals surface area contributed by atoms with E-state index in [1.54, 1.807) is 0 Å². The topological polar surface area (TPSA) is 77.2 Å². The fourth-order valence-corrected chi connectivity index (χ4v) is 2.99. The Morgan fingerprint density at radius 1 is 1.41 bits per heavy atom. The third-order valence-corrected chi connectivity index (χ3v) is 4.39. The van der Waals surface area contributed by atoms with Gasteiger partial charge in [0.05, 0.1) is 22.7 Å². The standard InChI is InChI=1S/C16H19N3O3/c1-9-14-12(15(20)17-8-11-3-2-6-21-11)7-13(10-4-5-10)18-16(14)22-19-9/h7,10-11H,2-6,8H2,1H3,(H,17,20)/t11-/m0/s1. The van der Waals surface area contributed by atoms with Gasteiger partial charge in [-0.25, -0.2) is 4.98 Å². The molecule has 4 rings (SSSR count). The smallest absolute Gasteiger partial charge is 0.259 e. The molecular weight excluding hydrogens is 282 g/mol. The lowest BCUT2D eigenvalue weighted by atomic mass is 10.1. The first kappa shape index (κ1) is 13.7. The van der Waals surface area contributed by atoms with Crippen molar-refractivity contribution in [2.24, 2.45) is 0 Å². The lowest BCUT2D eigenvalue weighted by Crippen LogP contribution is -2.32. The second kappa shape index (κ2) is 5.35. The summed E-state index contributed by atoms with van der Waals surface area (Å²) >= 11 is 0. The summed E-state index contributed by atoms with van der Waals surface area (Å²) in [7, 11) is 0. The van der Waals surface area contributed by atoms with Crippen molar-refractivity contribution in [3.8, 4) is 0 Å². The number of nitrogens with zero attached hydrogens (tertiary/aromatic N) is 2. The number of hydrogen-bond donors (Lipinski definition) is 1. The zero-order chi connectivity index (χ0) is 15.1. The van der Waals surface area contributed by atoms with Crippen LogP contribution in [0.3, 0.4) is 0 Å². The van der Waals surface area contributed by atoms with Crippen molar-refractivity contribution in [3.63, 3.8) is 0 Å². The Morgan fingerprint density at radius 3 is 3.00 bits per heavy atom. The van der Waals surface area contributed by atoms with E-state index < -0.39 is 0 Å². The van der Waals surface area contributed by atoms with Crippen molar-refractivity contribution in [2.75, 3.05) is 13.2 Å². The predicted molar refractivity (Wildman–Crippen MR) is 79.8 cm³/mol. The molecule has 0 bridgehead atoms. The van der Waals surface area contributed by atoms with Crippen LogP contribution in [0, 0.1) is 6.92 Å². The Bertz CT molecular complexity index is 715. The maximum Gasteiger partial charge on any atom is 0.259 e. The number of fused-ring (bicyclic) bond motifs is 1. The first-order valence-electron chi connectivity index (χ1n) is 7.89. The van der Waals surface area contributed by atoms with Gasteiger partial charge < -0.3 is 14.6 Å². The van der Waals surface area contributed by atoms with Crippen LogP contribution in [0.2, 0.25) is 0 Å². The van der Waals surface area contributed by atoms with Gasteiger partial charge in [0.25, 0.3) is 11.6 Å². The lowest BCUT2D eigenvalue weighted by Gasteiger charge is -2.11. The lowest BCUT2D eigenvalue weighted by molar-refractivity contribution is 0.0859. The molecule has 0 aromatic carbocycles. The van der Waals surface area contributed by atoms with Gasteiger partial charge in [0.2, 0.25) is 0 Å². The number of nitrogens with one attached hydrogen (secondary N) is 1. The average Bonchev–Trinajstić information content (AvgIpc) is 3.13. The van der Waals surface area contributed by atoms with Gasteiger partial charge in [-0.15, -0.1) is 0 Å². The van der Waals surface area contributed by atoms with E-state index >= 15 is 0 Å². The molecule has 2 aliphatic rings. The largest absolute Gasteiger partial charge is 0.376 e. The summed E-state index contributed by atoms with van der Waals surface area (Å²) in [6.07, 6.45) is 4.46. The third kappa shape index (κ3) is 2.47. The first-order valence-corrected chi connectivity index (χ1v) is 7.89. The van der Waals surface area contributed by atoms with Crippen molar-refractivity contribution in [3.05, 3.63) is 23.0 Å². The summed E-state index contributed by atoms with van der Waals surface area (Å²) in [5.41, 5.74) is 2.71. The van der Waals surface area contributed by atoms with Crippen LogP contribution in [-0.4, -0.2) is 35.3 Å². The van der Waals surface area contributed by atoms with E-state index in [9.17, 15) is 4.79 Å². The minimum atomic E-state index is -0.101. The molecule has 1 aliphatic carbocycles. The predicted octanol–water partition coefficient (Wildman–Crippen LogP) is 2.32. The molecule has 0 radical (unpaired) electrons. The maximum absolute atomic E-state index is 12.6. The second-order valence-electron chi connectivity index (χ2n) is 6.16. The van der Waals surface area contributed by atoms with Crippen LogP contribution in [0.4, 0.5) is 0 Å². The number of amides is 1. The number of carbonyl (C=O) groups is 1. The fraction of sp³-hybridized carbons (Fsp3) is 0.562. The molecular formula is C16H19N3O3. The van der Waals surface area contributed by atoms with Crippen molar-refractivity contribution < 1.29 is 14.1 Å². The zero-order valence-corrected chi connectivity index (χ0v) is 12.6. The van der Waals surface area contributed by atoms with E-state index in [0.29, 0.717) is 34.8 Å². The molecule has 6 heteroatoms. The number of carbonyl (C=O) groups excluding carboxylic acids is 1. The minimum Gasteiger partial charge on any atom is -0.376 e. The molecule has 6 nitrogen and oxygen atoms in total. The molecule has 1 saturated carbocycles. The molecule has 22 heavy (non-hydrogen) atoms. The van der Waals surface area contributed by atoms with Gasteiger partial charge in [0, 0.05) is 24.8 Å². The van der Waals surface area contributed by atoms with E-state index in [1.807, 2.05) is 13.0 Å². The molecule has 0 spiro atoms. The molecule has 2 aromatic rings. The molecule has 2 aromatic heterocycles. The number of ether oxygens (including phenoxy) is 1. The summed E-state index contributed by atoms with van der Waals surface area (Å²) in [4.78, 5) is 17.1.